The lowest BCUT2D eigenvalue weighted by Gasteiger charge is -2.34. The third-order valence-electron chi connectivity index (χ3n) is 5.46. The summed E-state index contributed by atoms with van der Waals surface area (Å²) in [5.41, 5.74) is 1.96. The Kier molecular flexibility index (Phi) is 5.01. The van der Waals surface area contributed by atoms with Crippen LogP contribution in [0.1, 0.15) is 30.7 Å². The maximum Gasteiger partial charge on any atom is 0.191 e. The number of nitrogens with zero attached hydrogens (tertiary/aromatic N) is 4. The van der Waals surface area contributed by atoms with Gasteiger partial charge in [0.05, 0.1) is 11.9 Å². The third kappa shape index (κ3) is 4.07. The second-order valence-corrected chi connectivity index (χ2v) is 7.49. The Morgan fingerprint density at radius 3 is 2.89 bits per heavy atom. The van der Waals surface area contributed by atoms with Crippen LogP contribution in [-0.4, -0.2) is 48.0 Å². The molecule has 0 spiro atoms. The summed E-state index contributed by atoms with van der Waals surface area (Å²) < 4.78 is 15.8. The van der Waals surface area contributed by atoms with E-state index in [0.29, 0.717) is 6.04 Å². The summed E-state index contributed by atoms with van der Waals surface area (Å²) in [6.07, 6.45) is 7.15. The van der Waals surface area contributed by atoms with E-state index in [-0.39, 0.29) is 17.8 Å². The van der Waals surface area contributed by atoms with Gasteiger partial charge in [-0.15, -0.1) is 0 Å². The van der Waals surface area contributed by atoms with Crippen molar-refractivity contribution in [3.8, 4) is 0 Å². The molecule has 1 aromatic carbocycles. The molecule has 1 saturated carbocycles. The zero-order valence-corrected chi connectivity index (χ0v) is 15.9. The quantitative estimate of drug-likeness (QED) is 0.640. The van der Waals surface area contributed by atoms with Crippen LogP contribution in [0.15, 0.2) is 41.7 Å². The van der Waals surface area contributed by atoms with Crippen molar-refractivity contribution in [2.45, 2.75) is 37.3 Å². The van der Waals surface area contributed by atoms with Crippen LogP contribution in [0.2, 0.25) is 0 Å². The van der Waals surface area contributed by atoms with E-state index in [1.807, 2.05) is 30.1 Å². The first-order valence-corrected chi connectivity index (χ1v) is 9.62. The SMILES string of the molecule is CN=C(NC1CCCN(c2cnn(C)c2)C1)NC1CC1c1ccccc1F. The van der Waals surface area contributed by atoms with Crippen molar-refractivity contribution >= 4 is 11.6 Å². The number of rotatable bonds is 4. The van der Waals surface area contributed by atoms with Gasteiger partial charge >= 0.3 is 0 Å². The molecule has 0 amide bonds. The minimum atomic E-state index is -0.117. The van der Waals surface area contributed by atoms with Gasteiger partial charge in [-0.2, -0.15) is 5.10 Å². The molecule has 6 nitrogen and oxygen atoms in total. The fraction of sp³-hybridized carbons (Fsp3) is 0.500. The smallest absolute Gasteiger partial charge is 0.191 e. The number of halogens is 1. The number of nitrogens with one attached hydrogen (secondary N) is 2. The van der Waals surface area contributed by atoms with Gasteiger partial charge in [-0.1, -0.05) is 18.2 Å². The topological polar surface area (TPSA) is 57.5 Å². The first-order valence-electron chi connectivity index (χ1n) is 9.62. The highest BCUT2D eigenvalue weighted by molar-refractivity contribution is 5.81. The average molecular weight is 370 g/mol. The monoisotopic (exact) mass is 370 g/mol. The molecular weight excluding hydrogens is 343 g/mol. The number of benzene rings is 1. The zero-order valence-electron chi connectivity index (χ0n) is 15.9. The number of aryl methyl sites for hydroxylation is 1. The van der Waals surface area contributed by atoms with Crippen LogP contribution in [0, 0.1) is 5.82 Å². The van der Waals surface area contributed by atoms with Crippen molar-refractivity contribution in [2.24, 2.45) is 12.0 Å². The van der Waals surface area contributed by atoms with E-state index >= 15 is 0 Å². The minimum Gasteiger partial charge on any atom is -0.367 e. The highest BCUT2D eigenvalue weighted by Crippen LogP contribution is 2.41. The Bertz CT molecular complexity index is 816. The van der Waals surface area contributed by atoms with Gasteiger partial charge < -0.3 is 15.5 Å². The molecule has 144 valence electrons. The maximum absolute atomic E-state index is 14.0. The van der Waals surface area contributed by atoms with E-state index < -0.39 is 0 Å². The number of piperidine rings is 1. The predicted octanol–water partition coefficient (Wildman–Crippen LogP) is 2.25. The molecule has 0 radical (unpaired) electrons. The molecule has 2 heterocycles. The fourth-order valence-electron chi connectivity index (χ4n) is 3.91. The molecule has 27 heavy (non-hydrogen) atoms. The molecule has 2 aliphatic rings. The largest absolute Gasteiger partial charge is 0.367 e. The molecule has 1 aliphatic carbocycles. The predicted molar refractivity (Wildman–Crippen MR) is 106 cm³/mol. The Morgan fingerprint density at radius 1 is 1.30 bits per heavy atom. The van der Waals surface area contributed by atoms with Crippen molar-refractivity contribution in [3.05, 3.63) is 48.0 Å². The highest BCUT2D eigenvalue weighted by atomic mass is 19.1. The lowest BCUT2D eigenvalue weighted by atomic mass is 10.1. The van der Waals surface area contributed by atoms with Crippen LogP contribution in [0.3, 0.4) is 0 Å². The van der Waals surface area contributed by atoms with E-state index in [0.717, 1.165) is 49.6 Å². The molecule has 2 fully saturated rings. The molecule has 4 rings (SSSR count). The number of aliphatic imine (C=N–C) groups is 1. The van der Waals surface area contributed by atoms with Gasteiger partial charge in [0, 0.05) is 51.4 Å². The number of aromatic nitrogens is 2. The van der Waals surface area contributed by atoms with E-state index in [4.69, 9.17) is 0 Å². The molecule has 1 aromatic heterocycles. The normalized spacial score (nSPS) is 25.4. The van der Waals surface area contributed by atoms with Crippen LogP contribution < -0.4 is 15.5 Å². The summed E-state index contributed by atoms with van der Waals surface area (Å²) in [6.45, 7) is 1.97. The molecule has 7 heteroatoms. The van der Waals surface area contributed by atoms with E-state index in [2.05, 4.69) is 31.8 Å². The molecule has 2 N–H and O–H groups in total. The molecule has 1 aliphatic heterocycles. The molecule has 3 atom stereocenters. The van der Waals surface area contributed by atoms with E-state index in [9.17, 15) is 4.39 Å². The van der Waals surface area contributed by atoms with E-state index in [1.165, 1.54) is 6.07 Å². The highest BCUT2D eigenvalue weighted by Gasteiger charge is 2.40. The second-order valence-electron chi connectivity index (χ2n) is 7.49. The second kappa shape index (κ2) is 7.58. The summed E-state index contributed by atoms with van der Waals surface area (Å²) in [7, 11) is 3.73. The summed E-state index contributed by atoms with van der Waals surface area (Å²) >= 11 is 0. The first-order chi connectivity index (χ1) is 13.1. The van der Waals surface area contributed by atoms with Crippen molar-refractivity contribution < 1.29 is 4.39 Å². The van der Waals surface area contributed by atoms with Crippen LogP contribution in [0.5, 0.6) is 0 Å². The average Bonchev–Trinajstić information content (AvgIpc) is 3.30. The summed E-state index contributed by atoms with van der Waals surface area (Å²) in [6, 6.07) is 7.62. The van der Waals surface area contributed by atoms with Gasteiger partial charge in [-0.25, -0.2) is 4.39 Å². The Labute approximate surface area is 159 Å². The first kappa shape index (κ1) is 17.8. The molecule has 3 unspecified atom stereocenters. The fourth-order valence-corrected chi connectivity index (χ4v) is 3.91. The van der Waals surface area contributed by atoms with Crippen molar-refractivity contribution in [2.75, 3.05) is 25.0 Å². The van der Waals surface area contributed by atoms with Crippen LogP contribution >= 0.6 is 0 Å². The summed E-state index contributed by atoms with van der Waals surface area (Å²) in [5.74, 6) is 0.911. The number of hydrogen-bond donors (Lipinski definition) is 2. The molecular formula is C20H27FN6. The van der Waals surface area contributed by atoms with Crippen LogP contribution in [0.25, 0.3) is 0 Å². The van der Waals surface area contributed by atoms with Crippen LogP contribution in [-0.2, 0) is 7.05 Å². The van der Waals surface area contributed by atoms with Crippen LogP contribution in [0.4, 0.5) is 10.1 Å². The Balaban J connectivity index is 1.32. The standard InChI is InChI=1S/C20H27FN6/c1-22-20(25-19-10-17(19)16-7-3-4-8-18(16)21)24-14-6-5-9-27(12-14)15-11-23-26(2)13-15/h3-4,7-8,11,13-14,17,19H,5-6,9-10,12H2,1-2H3,(H2,22,24,25). The lowest BCUT2D eigenvalue weighted by Crippen LogP contribution is -2.51. The maximum atomic E-state index is 14.0. The summed E-state index contributed by atoms with van der Waals surface area (Å²) in [5, 5.41) is 11.3. The van der Waals surface area contributed by atoms with Gasteiger partial charge in [0.1, 0.15) is 5.82 Å². The van der Waals surface area contributed by atoms with Crippen molar-refractivity contribution in [3.63, 3.8) is 0 Å². The zero-order chi connectivity index (χ0) is 18.8. The number of guanidine groups is 1. The van der Waals surface area contributed by atoms with Gasteiger partial charge in [-0.3, -0.25) is 9.67 Å². The number of hydrogen-bond acceptors (Lipinski definition) is 3. The summed E-state index contributed by atoms with van der Waals surface area (Å²) in [4.78, 5) is 6.74. The van der Waals surface area contributed by atoms with E-state index in [1.54, 1.807) is 13.1 Å². The molecule has 1 saturated heterocycles. The Hall–Kier alpha value is -2.57. The van der Waals surface area contributed by atoms with Gasteiger partial charge in [0.2, 0.25) is 0 Å². The molecule has 2 aromatic rings. The lowest BCUT2D eigenvalue weighted by molar-refractivity contribution is 0.467. The third-order valence-corrected chi connectivity index (χ3v) is 5.46. The van der Waals surface area contributed by atoms with Gasteiger partial charge in [-0.05, 0) is 30.9 Å². The minimum absolute atomic E-state index is 0.117. The van der Waals surface area contributed by atoms with Crippen molar-refractivity contribution in [1.82, 2.24) is 20.4 Å². The number of anilines is 1. The Morgan fingerprint density at radius 2 is 2.15 bits per heavy atom. The van der Waals surface area contributed by atoms with Gasteiger partial charge in [0.15, 0.2) is 5.96 Å². The molecule has 0 bridgehead atoms. The van der Waals surface area contributed by atoms with Gasteiger partial charge in [0.25, 0.3) is 0 Å². The van der Waals surface area contributed by atoms with Crippen molar-refractivity contribution in [1.29, 1.82) is 0 Å².